The molecule has 1 amide bonds. The van der Waals surface area contributed by atoms with Crippen LogP contribution in [-0.4, -0.2) is 29.8 Å². The summed E-state index contributed by atoms with van der Waals surface area (Å²) in [5.41, 5.74) is 5.45. The topological polar surface area (TPSA) is 68.0 Å². The molecule has 112 valence electrons. The molecule has 0 aliphatic rings. The smallest absolute Gasteiger partial charge is 0.324 e. The number of anilines is 1. The van der Waals surface area contributed by atoms with E-state index in [-0.39, 0.29) is 11.5 Å². The van der Waals surface area contributed by atoms with Gasteiger partial charge in [-0.15, -0.1) is 0 Å². The number of hydrogen-bond donors (Lipinski definition) is 2. The Morgan fingerprint density at radius 2 is 2.00 bits per heavy atom. The lowest BCUT2D eigenvalue weighted by molar-refractivity contribution is -0.123. The maximum absolute atomic E-state index is 12.7. The minimum Gasteiger partial charge on any atom is -0.383 e. The van der Waals surface area contributed by atoms with E-state index in [2.05, 4.69) is 4.98 Å². The summed E-state index contributed by atoms with van der Waals surface area (Å²) < 4.78 is 49.5. The summed E-state index contributed by atoms with van der Waals surface area (Å²) in [6.45, 7) is -1.47. The van der Waals surface area contributed by atoms with Gasteiger partial charge in [-0.25, -0.2) is 13.8 Å². The third-order valence-corrected chi connectivity index (χ3v) is 2.81. The quantitative estimate of drug-likeness (QED) is 0.852. The first kappa shape index (κ1) is 15.0. The molecule has 0 bridgehead atoms. The number of carbonyl (C=O) groups excluding carboxylic acids is 1. The van der Waals surface area contributed by atoms with Crippen LogP contribution in [0.1, 0.15) is 10.5 Å². The number of nitrogen functional groups attached to an aromatic ring is 1. The summed E-state index contributed by atoms with van der Waals surface area (Å²) >= 11 is 0. The number of aromatic nitrogens is 1. The number of fused-ring (bicyclic) bond motifs is 1. The largest absolute Gasteiger partial charge is 0.383 e. The van der Waals surface area contributed by atoms with E-state index in [9.17, 15) is 22.4 Å². The highest BCUT2D eigenvalue weighted by molar-refractivity contribution is 5.99. The number of carbonyl (C=O) groups is 1. The molecule has 0 radical (unpaired) electrons. The van der Waals surface area contributed by atoms with Crippen LogP contribution >= 0.6 is 0 Å². The highest BCUT2D eigenvalue weighted by Crippen LogP contribution is 2.22. The van der Waals surface area contributed by atoms with E-state index in [0.29, 0.717) is 10.8 Å². The Kier molecular flexibility index (Phi) is 3.97. The van der Waals surface area contributed by atoms with Gasteiger partial charge in [0.15, 0.2) is 0 Å². The summed E-state index contributed by atoms with van der Waals surface area (Å²) in [6.07, 6.45) is -3.85. The van der Waals surface area contributed by atoms with Crippen molar-refractivity contribution in [3.05, 3.63) is 36.0 Å². The lowest BCUT2D eigenvalue weighted by Gasteiger charge is -2.15. The van der Waals surface area contributed by atoms with Crippen LogP contribution in [0.25, 0.3) is 10.8 Å². The molecule has 4 nitrogen and oxygen atoms in total. The van der Waals surface area contributed by atoms with Crippen molar-refractivity contribution >= 4 is 22.5 Å². The van der Waals surface area contributed by atoms with Crippen molar-refractivity contribution in [2.45, 2.75) is 12.3 Å². The molecule has 2 rings (SSSR count). The van der Waals surface area contributed by atoms with Crippen molar-refractivity contribution in [3.63, 3.8) is 0 Å². The second-order valence-corrected chi connectivity index (χ2v) is 4.36. The fraction of sp³-hybridized carbons (Fsp3) is 0.231. The van der Waals surface area contributed by atoms with Crippen LogP contribution < -0.4 is 11.1 Å². The van der Waals surface area contributed by atoms with E-state index in [1.807, 2.05) is 0 Å². The molecule has 0 aliphatic heterocycles. The molecule has 0 aliphatic carbocycles. The molecule has 0 atom stereocenters. The molecular formula is C13H11F4N3O. The predicted octanol–water partition coefficient (Wildman–Crippen LogP) is 2.45. The Hall–Kier alpha value is -2.38. The highest BCUT2D eigenvalue weighted by Gasteiger charge is 2.40. The Balaban J connectivity index is 2.20. The highest BCUT2D eigenvalue weighted by atomic mass is 19.3. The number of hydrogen-bond acceptors (Lipinski definition) is 3. The van der Waals surface area contributed by atoms with Crippen LogP contribution in [0, 0.1) is 0 Å². The van der Waals surface area contributed by atoms with Gasteiger partial charge in [-0.05, 0) is 11.5 Å². The summed E-state index contributed by atoms with van der Waals surface area (Å²) in [7, 11) is 0. The molecule has 1 aromatic heterocycles. The van der Waals surface area contributed by atoms with Gasteiger partial charge in [-0.1, -0.05) is 24.3 Å². The standard InChI is InChI=1S/C13H11F4N3O/c14-12(15)13(16,17)6-19-11(21)9-5-7-3-1-2-4-8(7)10(18)20-9/h1-5,12H,6H2,(H2,18,20)(H,19,21). The van der Waals surface area contributed by atoms with Gasteiger partial charge < -0.3 is 11.1 Å². The van der Waals surface area contributed by atoms with E-state index in [1.54, 1.807) is 29.6 Å². The van der Waals surface area contributed by atoms with Crippen molar-refractivity contribution in [2.75, 3.05) is 12.3 Å². The van der Waals surface area contributed by atoms with Crippen LogP contribution in [0.3, 0.4) is 0 Å². The van der Waals surface area contributed by atoms with Gasteiger partial charge in [0.25, 0.3) is 5.91 Å². The third-order valence-electron chi connectivity index (χ3n) is 2.81. The van der Waals surface area contributed by atoms with Crippen molar-refractivity contribution in [1.29, 1.82) is 0 Å². The van der Waals surface area contributed by atoms with Crippen LogP contribution in [0.2, 0.25) is 0 Å². The van der Waals surface area contributed by atoms with Crippen LogP contribution in [0.5, 0.6) is 0 Å². The number of amides is 1. The van der Waals surface area contributed by atoms with E-state index in [1.165, 1.54) is 6.07 Å². The Morgan fingerprint density at radius 1 is 1.33 bits per heavy atom. The number of nitrogens with one attached hydrogen (secondary N) is 1. The molecule has 0 spiro atoms. The van der Waals surface area contributed by atoms with Gasteiger partial charge in [-0.2, -0.15) is 8.78 Å². The molecule has 8 heteroatoms. The molecular weight excluding hydrogens is 290 g/mol. The zero-order valence-corrected chi connectivity index (χ0v) is 10.6. The minimum absolute atomic E-state index is 0.0545. The normalized spacial score (nSPS) is 11.9. The van der Waals surface area contributed by atoms with Gasteiger partial charge in [0.1, 0.15) is 11.5 Å². The first-order valence-corrected chi connectivity index (χ1v) is 5.90. The molecule has 2 aromatic rings. The Bertz CT molecular complexity index is 676. The minimum atomic E-state index is -4.29. The average Bonchev–Trinajstić information content (AvgIpc) is 2.44. The number of benzene rings is 1. The lowest BCUT2D eigenvalue weighted by atomic mass is 10.1. The number of alkyl halides is 4. The van der Waals surface area contributed by atoms with E-state index < -0.39 is 24.8 Å². The maximum atomic E-state index is 12.7. The number of halogens is 4. The average molecular weight is 301 g/mol. The molecule has 0 unspecified atom stereocenters. The SMILES string of the molecule is Nc1nc(C(=O)NCC(F)(F)C(F)F)cc2ccccc12. The summed E-state index contributed by atoms with van der Waals surface area (Å²) in [6, 6.07) is 8.13. The number of nitrogens with two attached hydrogens (primary N) is 1. The monoisotopic (exact) mass is 301 g/mol. The van der Waals surface area contributed by atoms with E-state index in [4.69, 9.17) is 5.73 Å². The number of pyridine rings is 1. The van der Waals surface area contributed by atoms with Crippen LogP contribution in [0.15, 0.2) is 30.3 Å². The van der Waals surface area contributed by atoms with Crippen molar-refractivity contribution in [2.24, 2.45) is 0 Å². The summed E-state index contributed by atoms with van der Waals surface area (Å²) in [5.74, 6) is -5.23. The fourth-order valence-electron chi connectivity index (χ4n) is 1.71. The van der Waals surface area contributed by atoms with E-state index >= 15 is 0 Å². The number of rotatable bonds is 4. The molecule has 0 saturated carbocycles. The van der Waals surface area contributed by atoms with Crippen molar-refractivity contribution in [1.82, 2.24) is 10.3 Å². The molecule has 0 fully saturated rings. The Labute approximate surface area is 117 Å². The molecule has 3 N–H and O–H groups in total. The van der Waals surface area contributed by atoms with Gasteiger partial charge >= 0.3 is 12.3 Å². The summed E-state index contributed by atoms with van der Waals surface area (Å²) in [4.78, 5) is 15.5. The Morgan fingerprint density at radius 3 is 2.67 bits per heavy atom. The van der Waals surface area contributed by atoms with E-state index in [0.717, 1.165) is 0 Å². The van der Waals surface area contributed by atoms with Crippen LogP contribution in [-0.2, 0) is 0 Å². The molecule has 21 heavy (non-hydrogen) atoms. The molecule has 1 heterocycles. The first-order chi connectivity index (χ1) is 9.81. The summed E-state index contributed by atoms with van der Waals surface area (Å²) in [5, 5.41) is 2.92. The van der Waals surface area contributed by atoms with Crippen molar-refractivity contribution < 1.29 is 22.4 Å². The first-order valence-electron chi connectivity index (χ1n) is 5.90. The predicted molar refractivity (Wildman–Crippen MR) is 69.4 cm³/mol. The zero-order chi connectivity index (χ0) is 15.6. The van der Waals surface area contributed by atoms with Crippen LogP contribution in [0.4, 0.5) is 23.4 Å². The molecule has 1 aromatic carbocycles. The van der Waals surface area contributed by atoms with Gasteiger partial charge in [0, 0.05) is 5.39 Å². The zero-order valence-electron chi connectivity index (χ0n) is 10.6. The second-order valence-electron chi connectivity index (χ2n) is 4.36. The van der Waals surface area contributed by atoms with Gasteiger partial charge in [0.2, 0.25) is 0 Å². The van der Waals surface area contributed by atoms with Gasteiger partial charge in [0.05, 0.1) is 6.54 Å². The van der Waals surface area contributed by atoms with Crippen molar-refractivity contribution in [3.8, 4) is 0 Å². The lowest BCUT2D eigenvalue weighted by Crippen LogP contribution is -2.41. The molecule has 0 saturated heterocycles. The van der Waals surface area contributed by atoms with Gasteiger partial charge in [-0.3, -0.25) is 4.79 Å². The fourth-order valence-corrected chi connectivity index (χ4v) is 1.71. The third kappa shape index (κ3) is 3.21. The maximum Gasteiger partial charge on any atom is 0.324 e. The number of nitrogens with zero attached hydrogens (tertiary/aromatic N) is 1. The second kappa shape index (κ2) is 5.55.